The Balaban J connectivity index is 1.98. The number of nitrogen functional groups attached to an aromatic ring is 1. The van der Waals surface area contributed by atoms with Crippen LogP contribution in [0.15, 0.2) is 54.6 Å². The molecule has 2 aromatic carbocycles. The third-order valence-electron chi connectivity index (χ3n) is 2.59. The van der Waals surface area contributed by atoms with Crippen molar-refractivity contribution in [2.75, 3.05) is 11.1 Å². The quantitative estimate of drug-likeness (QED) is 0.500. The molecule has 0 bridgehead atoms. The van der Waals surface area contributed by atoms with Crippen molar-refractivity contribution in [2.45, 2.75) is 6.42 Å². The van der Waals surface area contributed by atoms with E-state index in [2.05, 4.69) is 5.32 Å². The molecule has 19 heavy (non-hydrogen) atoms. The van der Waals surface area contributed by atoms with Crippen molar-refractivity contribution in [3.63, 3.8) is 0 Å². The van der Waals surface area contributed by atoms with Gasteiger partial charge in [-0.25, -0.2) is 0 Å². The van der Waals surface area contributed by atoms with Crippen LogP contribution >= 0.6 is 0 Å². The van der Waals surface area contributed by atoms with E-state index in [4.69, 9.17) is 5.73 Å². The van der Waals surface area contributed by atoms with Crippen LogP contribution in [0.4, 0.5) is 11.4 Å². The number of carbonyl (C=O) groups excluding carboxylic acids is 2. The number of para-hydroxylation sites is 1. The lowest BCUT2D eigenvalue weighted by atomic mass is 10.1. The molecule has 0 radical (unpaired) electrons. The Morgan fingerprint density at radius 3 is 2.42 bits per heavy atom. The highest BCUT2D eigenvalue weighted by molar-refractivity contribution is 6.11. The summed E-state index contributed by atoms with van der Waals surface area (Å²) in [4.78, 5) is 23.6. The Kier molecular flexibility index (Phi) is 3.93. The van der Waals surface area contributed by atoms with E-state index in [1.807, 2.05) is 18.2 Å². The number of rotatable bonds is 4. The third kappa shape index (κ3) is 3.67. The number of nitrogens with two attached hydrogens (primary N) is 1. The van der Waals surface area contributed by atoms with Crippen LogP contribution in [0, 0.1) is 0 Å². The number of ketones is 1. The van der Waals surface area contributed by atoms with Crippen molar-refractivity contribution in [1.29, 1.82) is 0 Å². The molecule has 0 saturated heterocycles. The molecule has 0 saturated carbocycles. The van der Waals surface area contributed by atoms with Gasteiger partial charge in [0, 0.05) is 16.9 Å². The SMILES string of the molecule is Nc1cccc(C(=O)CC(=O)Nc2ccccc2)c1. The Labute approximate surface area is 111 Å². The lowest BCUT2D eigenvalue weighted by molar-refractivity contribution is -0.115. The first-order valence-electron chi connectivity index (χ1n) is 5.89. The van der Waals surface area contributed by atoms with Crippen LogP contribution < -0.4 is 11.1 Å². The summed E-state index contributed by atoms with van der Waals surface area (Å²) >= 11 is 0. The second kappa shape index (κ2) is 5.82. The van der Waals surface area contributed by atoms with Crippen LogP contribution in [0.1, 0.15) is 16.8 Å². The third-order valence-corrected chi connectivity index (χ3v) is 2.59. The molecule has 4 heteroatoms. The van der Waals surface area contributed by atoms with Crippen LogP contribution in [0.3, 0.4) is 0 Å². The average molecular weight is 254 g/mol. The summed E-state index contributed by atoms with van der Waals surface area (Å²) in [5, 5.41) is 2.67. The van der Waals surface area contributed by atoms with Gasteiger partial charge in [0.25, 0.3) is 0 Å². The zero-order chi connectivity index (χ0) is 13.7. The van der Waals surface area contributed by atoms with Gasteiger partial charge in [-0.2, -0.15) is 0 Å². The minimum Gasteiger partial charge on any atom is -0.399 e. The molecule has 0 unspecified atom stereocenters. The van der Waals surface area contributed by atoms with E-state index in [1.54, 1.807) is 36.4 Å². The highest BCUT2D eigenvalue weighted by atomic mass is 16.2. The number of carbonyl (C=O) groups is 2. The standard InChI is InChI=1S/C15H14N2O2/c16-12-6-4-5-11(9-12)14(18)10-15(19)17-13-7-2-1-3-8-13/h1-9H,10,16H2,(H,17,19). The maximum absolute atomic E-state index is 11.9. The van der Waals surface area contributed by atoms with Crippen LogP contribution in [0.2, 0.25) is 0 Å². The summed E-state index contributed by atoms with van der Waals surface area (Å²) in [6.07, 6.45) is -0.196. The van der Waals surface area contributed by atoms with Crippen LogP contribution in [0.5, 0.6) is 0 Å². The van der Waals surface area contributed by atoms with Gasteiger partial charge in [-0.1, -0.05) is 30.3 Å². The predicted octanol–water partition coefficient (Wildman–Crippen LogP) is 2.48. The molecule has 1 amide bonds. The van der Waals surface area contributed by atoms with Crippen LogP contribution in [0.25, 0.3) is 0 Å². The second-order valence-corrected chi connectivity index (χ2v) is 4.14. The van der Waals surface area contributed by atoms with Gasteiger partial charge in [0.1, 0.15) is 0 Å². The van der Waals surface area contributed by atoms with E-state index in [0.29, 0.717) is 16.9 Å². The maximum Gasteiger partial charge on any atom is 0.232 e. The van der Waals surface area contributed by atoms with Gasteiger partial charge in [-0.3, -0.25) is 9.59 Å². The van der Waals surface area contributed by atoms with Crippen LogP contribution in [-0.4, -0.2) is 11.7 Å². The molecular formula is C15H14N2O2. The monoisotopic (exact) mass is 254 g/mol. The number of hydrogen-bond acceptors (Lipinski definition) is 3. The smallest absolute Gasteiger partial charge is 0.232 e. The van der Waals surface area contributed by atoms with E-state index in [1.165, 1.54) is 0 Å². The molecule has 2 aromatic rings. The Morgan fingerprint density at radius 1 is 1.00 bits per heavy atom. The van der Waals surface area contributed by atoms with Crippen molar-refractivity contribution in [2.24, 2.45) is 0 Å². The van der Waals surface area contributed by atoms with Gasteiger partial charge in [0.2, 0.25) is 5.91 Å². The van der Waals surface area contributed by atoms with Gasteiger partial charge in [0.05, 0.1) is 6.42 Å². The molecule has 0 aliphatic heterocycles. The predicted molar refractivity (Wildman–Crippen MR) is 74.9 cm³/mol. The first-order chi connectivity index (χ1) is 9.15. The molecule has 3 N–H and O–H groups in total. The highest BCUT2D eigenvalue weighted by Crippen LogP contribution is 2.10. The molecule has 0 aliphatic rings. The van der Waals surface area contributed by atoms with Crippen LogP contribution in [-0.2, 0) is 4.79 Å². The largest absolute Gasteiger partial charge is 0.399 e. The molecule has 2 rings (SSSR count). The van der Waals surface area contributed by atoms with E-state index < -0.39 is 0 Å². The number of nitrogens with one attached hydrogen (secondary N) is 1. The normalized spacial score (nSPS) is 9.89. The lowest BCUT2D eigenvalue weighted by Gasteiger charge is -2.05. The topological polar surface area (TPSA) is 72.2 Å². The summed E-state index contributed by atoms with van der Waals surface area (Å²) in [7, 11) is 0. The van der Waals surface area contributed by atoms with E-state index in [0.717, 1.165) is 0 Å². The van der Waals surface area contributed by atoms with Gasteiger partial charge in [-0.05, 0) is 24.3 Å². The fraction of sp³-hybridized carbons (Fsp3) is 0.0667. The van der Waals surface area contributed by atoms with E-state index in [-0.39, 0.29) is 18.1 Å². The van der Waals surface area contributed by atoms with E-state index >= 15 is 0 Å². The summed E-state index contributed by atoms with van der Waals surface area (Å²) < 4.78 is 0. The van der Waals surface area contributed by atoms with Gasteiger partial charge in [0.15, 0.2) is 5.78 Å². The zero-order valence-corrected chi connectivity index (χ0v) is 10.3. The van der Waals surface area contributed by atoms with Gasteiger partial charge >= 0.3 is 0 Å². The van der Waals surface area contributed by atoms with Crippen molar-refractivity contribution in [1.82, 2.24) is 0 Å². The Hall–Kier alpha value is -2.62. The summed E-state index contributed by atoms with van der Waals surface area (Å²) in [6.45, 7) is 0. The first-order valence-corrected chi connectivity index (χ1v) is 5.89. The minimum absolute atomic E-state index is 0.196. The fourth-order valence-corrected chi connectivity index (χ4v) is 1.69. The minimum atomic E-state index is -0.335. The fourth-order valence-electron chi connectivity index (χ4n) is 1.69. The number of amides is 1. The number of benzene rings is 2. The zero-order valence-electron chi connectivity index (χ0n) is 10.3. The molecular weight excluding hydrogens is 240 g/mol. The molecule has 0 spiro atoms. The number of Topliss-reactive ketones (excluding diaryl/α,β-unsaturated/α-hetero) is 1. The molecule has 0 fully saturated rings. The average Bonchev–Trinajstić information content (AvgIpc) is 2.39. The van der Waals surface area contributed by atoms with Crippen molar-refractivity contribution in [3.05, 3.63) is 60.2 Å². The maximum atomic E-state index is 11.9. The van der Waals surface area contributed by atoms with Crippen molar-refractivity contribution >= 4 is 23.1 Å². The van der Waals surface area contributed by atoms with Crippen molar-refractivity contribution in [3.8, 4) is 0 Å². The second-order valence-electron chi connectivity index (χ2n) is 4.14. The molecule has 0 heterocycles. The molecule has 96 valence electrons. The molecule has 0 aromatic heterocycles. The summed E-state index contributed by atoms with van der Waals surface area (Å²) in [5.41, 5.74) is 7.23. The van der Waals surface area contributed by atoms with Crippen molar-refractivity contribution < 1.29 is 9.59 Å². The first kappa shape index (κ1) is 12.8. The lowest BCUT2D eigenvalue weighted by Crippen LogP contribution is -2.16. The van der Waals surface area contributed by atoms with Gasteiger partial charge < -0.3 is 11.1 Å². The van der Waals surface area contributed by atoms with Gasteiger partial charge in [-0.15, -0.1) is 0 Å². The van der Waals surface area contributed by atoms with E-state index in [9.17, 15) is 9.59 Å². The Morgan fingerprint density at radius 2 is 1.74 bits per heavy atom. The Bertz CT molecular complexity index is 594. The summed E-state index contributed by atoms with van der Waals surface area (Å²) in [6, 6.07) is 15.6. The summed E-state index contributed by atoms with van der Waals surface area (Å²) in [5.74, 6) is -0.584. The molecule has 4 nitrogen and oxygen atoms in total. The molecule has 0 atom stereocenters. The number of hydrogen-bond donors (Lipinski definition) is 2. The molecule has 0 aliphatic carbocycles. The number of anilines is 2. The highest BCUT2D eigenvalue weighted by Gasteiger charge is 2.12.